The summed E-state index contributed by atoms with van der Waals surface area (Å²) in [4.78, 5) is 0. The van der Waals surface area contributed by atoms with E-state index in [-0.39, 0.29) is 5.38 Å². The molecule has 2 rings (SSSR count). The molecule has 1 fully saturated rings. The second kappa shape index (κ2) is 3.01. The van der Waals surface area contributed by atoms with Crippen LogP contribution >= 0.6 is 11.6 Å². The fraction of sp³-hybridized carbons (Fsp3) is 0.857. The van der Waals surface area contributed by atoms with Gasteiger partial charge in [-0.2, -0.15) is 0 Å². The maximum Gasteiger partial charge on any atom is 0.169 e. The first kappa shape index (κ1) is 7.98. The molecule has 0 saturated heterocycles. The van der Waals surface area contributed by atoms with Crippen LogP contribution in [0.4, 0.5) is 0 Å². The topological polar surface area (TPSA) is 43.6 Å². The van der Waals surface area contributed by atoms with Crippen molar-refractivity contribution >= 4 is 11.6 Å². The van der Waals surface area contributed by atoms with Crippen LogP contribution in [0.25, 0.3) is 0 Å². The maximum atomic E-state index is 5.91. The molecule has 12 heavy (non-hydrogen) atoms. The Bertz CT molecular complexity index is 266. The van der Waals surface area contributed by atoms with Gasteiger partial charge in [-0.25, -0.2) is 4.68 Å². The lowest BCUT2D eigenvalue weighted by molar-refractivity contribution is 0.277. The van der Waals surface area contributed by atoms with Gasteiger partial charge >= 0.3 is 0 Å². The first-order chi connectivity index (χ1) is 5.79. The molecule has 1 aromatic heterocycles. The van der Waals surface area contributed by atoms with Crippen LogP contribution in [-0.4, -0.2) is 20.2 Å². The van der Waals surface area contributed by atoms with Gasteiger partial charge in [0.1, 0.15) is 0 Å². The fourth-order valence-corrected chi connectivity index (χ4v) is 1.50. The molecule has 1 aliphatic rings. The van der Waals surface area contributed by atoms with E-state index in [0.717, 1.165) is 5.82 Å². The van der Waals surface area contributed by atoms with Gasteiger partial charge in [-0.05, 0) is 36.6 Å². The predicted octanol–water partition coefficient (Wildman–Crippen LogP) is 1.70. The lowest BCUT2D eigenvalue weighted by Gasteiger charge is -2.26. The van der Waals surface area contributed by atoms with Gasteiger partial charge in [-0.3, -0.25) is 0 Å². The molecule has 1 unspecified atom stereocenters. The Morgan fingerprint density at radius 2 is 2.33 bits per heavy atom. The number of rotatable bonds is 2. The third kappa shape index (κ3) is 1.20. The normalized spacial score (nSPS) is 20.5. The molecule has 5 heteroatoms. The minimum Gasteiger partial charge on any atom is -0.225 e. The van der Waals surface area contributed by atoms with E-state index in [0.29, 0.717) is 6.04 Å². The highest BCUT2D eigenvalue weighted by Crippen LogP contribution is 2.32. The molecule has 66 valence electrons. The van der Waals surface area contributed by atoms with E-state index in [1.54, 1.807) is 0 Å². The highest BCUT2D eigenvalue weighted by molar-refractivity contribution is 6.20. The van der Waals surface area contributed by atoms with Crippen molar-refractivity contribution in [3.05, 3.63) is 5.82 Å². The van der Waals surface area contributed by atoms with Crippen molar-refractivity contribution in [3.63, 3.8) is 0 Å². The molecular weight excluding hydrogens is 176 g/mol. The highest BCUT2D eigenvalue weighted by Gasteiger charge is 2.24. The quantitative estimate of drug-likeness (QED) is 0.661. The molecule has 0 N–H and O–H groups in total. The van der Waals surface area contributed by atoms with Crippen molar-refractivity contribution < 1.29 is 0 Å². The summed E-state index contributed by atoms with van der Waals surface area (Å²) in [7, 11) is 0. The number of alkyl halides is 1. The van der Waals surface area contributed by atoms with Crippen LogP contribution < -0.4 is 0 Å². The zero-order chi connectivity index (χ0) is 8.55. The number of halogens is 1. The van der Waals surface area contributed by atoms with E-state index in [4.69, 9.17) is 11.6 Å². The molecule has 0 spiro atoms. The van der Waals surface area contributed by atoms with Gasteiger partial charge in [-0.15, -0.1) is 16.7 Å². The van der Waals surface area contributed by atoms with Gasteiger partial charge in [0.15, 0.2) is 5.82 Å². The van der Waals surface area contributed by atoms with Crippen molar-refractivity contribution in [1.82, 2.24) is 20.2 Å². The number of aromatic nitrogens is 4. The summed E-state index contributed by atoms with van der Waals surface area (Å²) in [5.41, 5.74) is 0. The molecule has 0 radical (unpaired) electrons. The largest absolute Gasteiger partial charge is 0.225 e. The summed E-state index contributed by atoms with van der Waals surface area (Å²) >= 11 is 5.91. The van der Waals surface area contributed by atoms with E-state index in [2.05, 4.69) is 15.5 Å². The van der Waals surface area contributed by atoms with Gasteiger partial charge in [-0.1, -0.05) is 0 Å². The first-order valence-corrected chi connectivity index (χ1v) is 4.64. The van der Waals surface area contributed by atoms with Crippen LogP contribution in [0.15, 0.2) is 0 Å². The molecule has 1 heterocycles. The Morgan fingerprint density at radius 1 is 1.58 bits per heavy atom. The maximum absolute atomic E-state index is 5.91. The fourth-order valence-electron chi connectivity index (χ4n) is 1.35. The molecule has 1 saturated carbocycles. The number of nitrogens with zero attached hydrogens (tertiary/aromatic N) is 4. The average Bonchev–Trinajstić information content (AvgIpc) is 2.31. The SMILES string of the molecule is CC(Cl)c1nnnn1C1CCC1. The lowest BCUT2D eigenvalue weighted by Crippen LogP contribution is -2.20. The van der Waals surface area contributed by atoms with E-state index in [9.17, 15) is 0 Å². The second-order valence-electron chi connectivity index (χ2n) is 3.18. The Kier molecular flexibility index (Phi) is 2.00. The summed E-state index contributed by atoms with van der Waals surface area (Å²) in [5, 5.41) is 11.3. The third-order valence-electron chi connectivity index (χ3n) is 2.29. The number of hydrogen-bond acceptors (Lipinski definition) is 3. The van der Waals surface area contributed by atoms with Gasteiger partial charge in [0.05, 0.1) is 11.4 Å². The molecule has 4 nitrogen and oxygen atoms in total. The predicted molar refractivity (Wildman–Crippen MR) is 45.0 cm³/mol. The smallest absolute Gasteiger partial charge is 0.169 e. The Balaban J connectivity index is 2.23. The summed E-state index contributed by atoms with van der Waals surface area (Å²) < 4.78 is 1.86. The summed E-state index contributed by atoms with van der Waals surface area (Å²) in [6.07, 6.45) is 3.64. The molecule has 0 bridgehead atoms. The first-order valence-electron chi connectivity index (χ1n) is 4.21. The lowest BCUT2D eigenvalue weighted by atomic mass is 9.93. The number of hydrogen-bond donors (Lipinski definition) is 0. The number of tetrazole rings is 1. The molecule has 0 aliphatic heterocycles. The van der Waals surface area contributed by atoms with E-state index >= 15 is 0 Å². The van der Waals surface area contributed by atoms with Crippen LogP contribution in [-0.2, 0) is 0 Å². The van der Waals surface area contributed by atoms with Crippen molar-refractivity contribution in [2.24, 2.45) is 0 Å². The molecule has 1 aromatic rings. The molecule has 1 aliphatic carbocycles. The zero-order valence-corrected chi connectivity index (χ0v) is 7.70. The molecule has 0 aromatic carbocycles. The van der Waals surface area contributed by atoms with Crippen molar-refractivity contribution in [2.45, 2.75) is 37.6 Å². The molecule has 1 atom stereocenters. The monoisotopic (exact) mass is 186 g/mol. The average molecular weight is 187 g/mol. The summed E-state index contributed by atoms with van der Waals surface area (Å²) in [6, 6.07) is 0.496. The van der Waals surface area contributed by atoms with Crippen molar-refractivity contribution in [1.29, 1.82) is 0 Å². The highest BCUT2D eigenvalue weighted by atomic mass is 35.5. The minimum absolute atomic E-state index is 0.0967. The van der Waals surface area contributed by atoms with Gasteiger partial charge in [0, 0.05) is 0 Å². The van der Waals surface area contributed by atoms with Gasteiger partial charge in [0.25, 0.3) is 0 Å². The van der Waals surface area contributed by atoms with Crippen molar-refractivity contribution in [2.75, 3.05) is 0 Å². The van der Waals surface area contributed by atoms with Crippen LogP contribution in [0, 0.1) is 0 Å². The van der Waals surface area contributed by atoms with Crippen molar-refractivity contribution in [3.8, 4) is 0 Å². The Morgan fingerprint density at radius 3 is 2.83 bits per heavy atom. The summed E-state index contributed by atoms with van der Waals surface area (Å²) in [6.45, 7) is 1.89. The van der Waals surface area contributed by atoms with E-state index in [1.165, 1.54) is 19.3 Å². The molecular formula is C7H11ClN4. The zero-order valence-electron chi connectivity index (χ0n) is 6.94. The summed E-state index contributed by atoms with van der Waals surface area (Å²) in [5.74, 6) is 0.793. The Labute approximate surface area is 75.9 Å². The van der Waals surface area contributed by atoms with Crippen LogP contribution in [0.3, 0.4) is 0 Å². The minimum atomic E-state index is -0.0967. The standard InChI is InChI=1S/C7H11ClN4/c1-5(8)7-9-10-11-12(7)6-3-2-4-6/h5-6H,2-4H2,1H3. The Hall–Kier alpha value is -0.640. The second-order valence-corrected chi connectivity index (χ2v) is 3.84. The van der Waals surface area contributed by atoms with E-state index < -0.39 is 0 Å². The third-order valence-corrected chi connectivity index (χ3v) is 2.49. The van der Waals surface area contributed by atoms with Gasteiger partial charge < -0.3 is 0 Å². The van der Waals surface area contributed by atoms with E-state index in [1.807, 2.05) is 11.6 Å². The van der Waals surface area contributed by atoms with Gasteiger partial charge in [0.2, 0.25) is 0 Å². The molecule has 0 amide bonds. The van der Waals surface area contributed by atoms with Crippen LogP contribution in [0.5, 0.6) is 0 Å². The van der Waals surface area contributed by atoms with Crippen LogP contribution in [0.2, 0.25) is 0 Å². The van der Waals surface area contributed by atoms with Crippen LogP contribution in [0.1, 0.15) is 43.4 Å².